The lowest BCUT2D eigenvalue weighted by atomic mass is 9.86. The van der Waals surface area contributed by atoms with Crippen molar-refractivity contribution in [3.05, 3.63) is 34.6 Å². The van der Waals surface area contributed by atoms with Gasteiger partial charge in [0.15, 0.2) is 0 Å². The minimum Gasteiger partial charge on any atom is -0.329 e. The third-order valence-electron chi connectivity index (χ3n) is 4.45. The molecule has 0 aliphatic carbocycles. The monoisotopic (exact) mass is 298 g/mol. The Bertz CT molecular complexity index is 422. The summed E-state index contributed by atoms with van der Waals surface area (Å²) < 4.78 is 13.5. The molecule has 1 unspecified atom stereocenters. The van der Waals surface area contributed by atoms with Crippen LogP contribution >= 0.6 is 11.6 Å². The normalized spacial score (nSPS) is 19.5. The second-order valence-electron chi connectivity index (χ2n) is 6.07. The van der Waals surface area contributed by atoms with Crippen molar-refractivity contribution >= 4 is 11.6 Å². The number of benzene rings is 1. The van der Waals surface area contributed by atoms with E-state index >= 15 is 0 Å². The summed E-state index contributed by atoms with van der Waals surface area (Å²) in [5.41, 5.74) is 6.81. The molecular weight excluding hydrogens is 275 g/mol. The molecular formula is C16H24ClFN2. The van der Waals surface area contributed by atoms with Gasteiger partial charge >= 0.3 is 0 Å². The van der Waals surface area contributed by atoms with Crippen molar-refractivity contribution in [1.82, 2.24) is 4.90 Å². The van der Waals surface area contributed by atoms with E-state index in [9.17, 15) is 4.39 Å². The number of piperidine rings is 1. The van der Waals surface area contributed by atoms with Crippen LogP contribution in [0.5, 0.6) is 0 Å². The molecule has 1 heterocycles. The van der Waals surface area contributed by atoms with Gasteiger partial charge in [0.1, 0.15) is 5.82 Å². The summed E-state index contributed by atoms with van der Waals surface area (Å²) in [6.45, 7) is 7.12. The molecule has 1 aliphatic rings. The van der Waals surface area contributed by atoms with Gasteiger partial charge in [-0.3, -0.25) is 4.90 Å². The van der Waals surface area contributed by atoms with Gasteiger partial charge in [-0.15, -0.1) is 0 Å². The van der Waals surface area contributed by atoms with E-state index in [1.54, 1.807) is 6.07 Å². The zero-order valence-electron chi connectivity index (χ0n) is 12.3. The third kappa shape index (κ3) is 3.72. The molecule has 20 heavy (non-hydrogen) atoms. The molecule has 1 atom stereocenters. The van der Waals surface area contributed by atoms with Gasteiger partial charge in [0.25, 0.3) is 0 Å². The van der Waals surface area contributed by atoms with Crippen LogP contribution in [0, 0.1) is 17.7 Å². The van der Waals surface area contributed by atoms with Gasteiger partial charge in [-0.2, -0.15) is 0 Å². The zero-order chi connectivity index (χ0) is 14.7. The predicted molar refractivity (Wildman–Crippen MR) is 82.3 cm³/mol. The van der Waals surface area contributed by atoms with Crippen molar-refractivity contribution in [2.75, 3.05) is 19.6 Å². The van der Waals surface area contributed by atoms with E-state index in [-0.39, 0.29) is 11.9 Å². The second-order valence-corrected chi connectivity index (χ2v) is 6.51. The minimum absolute atomic E-state index is 0.0660. The molecule has 0 aromatic heterocycles. The Morgan fingerprint density at radius 3 is 2.45 bits per heavy atom. The van der Waals surface area contributed by atoms with Crippen molar-refractivity contribution in [2.24, 2.45) is 17.6 Å². The van der Waals surface area contributed by atoms with Gasteiger partial charge < -0.3 is 5.73 Å². The number of rotatable bonds is 4. The summed E-state index contributed by atoms with van der Waals surface area (Å²) in [6, 6.07) is 4.79. The van der Waals surface area contributed by atoms with Crippen LogP contribution in [0.2, 0.25) is 5.02 Å². The maximum absolute atomic E-state index is 13.5. The molecule has 2 N–H and O–H groups in total. The van der Waals surface area contributed by atoms with Gasteiger partial charge in [0, 0.05) is 17.6 Å². The molecule has 0 spiro atoms. The highest BCUT2D eigenvalue weighted by Crippen LogP contribution is 2.30. The van der Waals surface area contributed by atoms with E-state index in [4.69, 9.17) is 17.3 Å². The first-order valence-corrected chi connectivity index (χ1v) is 7.79. The number of hydrogen-bond donors (Lipinski definition) is 1. The summed E-state index contributed by atoms with van der Waals surface area (Å²) in [6.07, 6.45) is 2.38. The molecule has 112 valence electrons. The van der Waals surface area contributed by atoms with Crippen molar-refractivity contribution in [3.8, 4) is 0 Å². The van der Waals surface area contributed by atoms with Gasteiger partial charge in [-0.1, -0.05) is 25.4 Å². The smallest absolute Gasteiger partial charge is 0.125 e. The molecule has 1 saturated heterocycles. The molecule has 0 amide bonds. The first-order valence-electron chi connectivity index (χ1n) is 7.41. The Balaban J connectivity index is 2.09. The van der Waals surface area contributed by atoms with E-state index in [0.717, 1.165) is 30.5 Å². The van der Waals surface area contributed by atoms with Crippen LogP contribution in [0.3, 0.4) is 0 Å². The van der Waals surface area contributed by atoms with Crippen LogP contribution in [0.1, 0.15) is 38.3 Å². The summed E-state index contributed by atoms with van der Waals surface area (Å²) >= 11 is 5.96. The maximum Gasteiger partial charge on any atom is 0.125 e. The Labute approximate surface area is 126 Å². The van der Waals surface area contributed by atoms with Gasteiger partial charge in [0.05, 0.1) is 0 Å². The minimum atomic E-state index is -0.289. The van der Waals surface area contributed by atoms with Gasteiger partial charge in [-0.25, -0.2) is 4.39 Å². The lowest BCUT2D eigenvalue weighted by molar-refractivity contribution is 0.117. The van der Waals surface area contributed by atoms with Gasteiger partial charge in [-0.05, 0) is 61.5 Å². The van der Waals surface area contributed by atoms with E-state index in [0.29, 0.717) is 11.6 Å². The Morgan fingerprint density at radius 2 is 1.95 bits per heavy atom. The molecule has 2 rings (SSSR count). The molecule has 2 nitrogen and oxygen atoms in total. The lowest BCUT2D eigenvalue weighted by Gasteiger charge is -2.38. The van der Waals surface area contributed by atoms with E-state index < -0.39 is 0 Å². The van der Waals surface area contributed by atoms with E-state index in [1.807, 2.05) is 6.07 Å². The number of nitrogens with zero attached hydrogens (tertiary/aromatic N) is 1. The molecule has 1 aromatic carbocycles. The summed E-state index contributed by atoms with van der Waals surface area (Å²) in [4.78, 5) is 2.37. The summed E-state index contributed by atoms with van der Waals surface area (Å²) in [5.74, 6) is 1.24. The van der Waals surface area contributed by atoms with Crippen LogP contribution in [0.25, 0.3) is 0 Å². The average molecular weight is 299 g/mol. The van der Waals surface area contributed by atoms with E-state index in [2.05, 4.69) is 18.7 Å². The SMILES string of the molecule is CC(C)C1CCN(C(CN)c2cc(F)cc(Cl)c2)CC1. The van der Waals surface area contributed by atoms with Crippen molar-refractivity contribution in [1.29, 1.82) is 0 Å². The summed E-state index contributed by atoms with van der Waals surface area (Å²) in [7, 11) is 0. The molecule has 1 fully saturated rings. The van der Waals surface area contributed by atoms with Gasteiger partial charge in [0.2, 0.25) is 0 Å². The van der Waals surface area contributed by atoms with Crippen LogP contribution in [-0.4, -0.2) is 24.5 Å². The topological polar surface area (TPSA) is 29.3 Å². The highest BCUT2D eigenvalue weighted by molar-refractivity contribution is 6.30. The number of hydrogen-bond acceptors (Lipinski definition) is 2. The maximum atomic E-state index is 13.5. The number of likely N-dealkylation sites (tertiary alicyclic amines) is 1. The molecule has 0 bridgehead atoms. The zero-order valence-corrected chi connectivity index (χ0v) is 13.0. The lowest BCUT2D eigenvalue weighted by Crippen LogP contribution is -2.40. The highest BCUT2D eigenvalue weighted by Gasteiger charge is 2.27. The highest BCUT2D eigenvalue weighted by atomic mass is 35.5. The van der Waals surface area contributed by atoms with Crippen molar-refractivity contribution in [2.45, 2.75) is 32.7 Å². The summed E-state index contributed by atoms with van der Waals surface area (Å²) in [5, 5.41) is 0.440. The first kappa shape index (κ1) is 15.7. The first-order chi connectivity index (χ1) is 9.51. The Morgan fingerprint density at radius 1 is 1.30 bits per heavy atom. The van der Waals surface area contributed by atoms with Crippen LogP contribution in [-0.2, 0) is 0 Å². The Hall–Kier alpha value is -0.640. The average Bonchev–Trinajstić information content (AvgIpc) is 2.39. The largest absolute Gasteiger partial charge is 0.329 e. The fraction of sp³-hybridized carbons (Fsp3) is 0.625. The second kappa shape index (κ2) is 6.88. The molecule has 1 aliphatic heterocycles. The van der Waals surface area contributed by atoms with Crippen LogP contribution in [0.4, 0.5) is 4.39 Å². The number of nitrogens with two attached hydrogens (primary N) is 1. The molecule has 0 radical (unpaired) electrons. The van der Waals surface area contributed by atoms with Crippen molar-refractivity contribution < 1.29 is 4.39 Å². The van der Waals surface area contributed by atoms with Crippen LogP contribution in [0.15, 0.2) is 18.2 Å². The predicted octanol–water partition coefficient (Wildman–Crippen LogP) is 3.85. The van der Waals surface area contributed by atoms with E-state index in [1.165, 1.54) is 18.9 Å². The quantitative estimate of drug-likeness (QED) is 0.915. The van der Waals surface area contributed by atoms with Crippen molar-refractivity contribution in [3.63, 3.8) is 0 Å². The standard InChI is InChI=1S/C16H24ClFN2/c1-11(2)12-3-5-20(6-4-12)16(10-19)13-7-14(17)9-15(18)8-13/h7-9,11-12,16H,3-6,10,19H2,1-2H3. The Kier molecular flexibility index (Phi) is 5.42. The molecule has 4 heteroatoms. The number of halogens is 2. The fourth-order valence-corrected chi connectivity index (χ4v) is 3.39. The molecule has 0 saturated carbocycles. The fourth-order valence-electron chi connectivity index (χ4n) is 3.16. The third-order valence-corrected chi connectivity index (χ3v) is 4.67. The molecule has 1 aromatic rings. The van der Waals surface area contributed by atoms with Crippen LogP contribution < -0.4 is 5.73 Å².